The van der Waals surface area contributed by atoms with Crippen LogP contribution < -0.4 is 4.72 Å². The second-order valence-corrected chi connectivity index (χ2v) is 6.58. The molecule has 0 spiro atoms. The summed E-state index contributed by atoms with van der Waals surface area (Å²) in [6.07, 6.45) is 0. The smallest absolute Gasteiger partial charge is 0.238 e. The molecule has 1 heterocycles. The van der Waals surface area contributed by atoms with Gasteiger partial charge in [-0.2, -0.15) is 5.10 Å². The largest absolute Gasteiger partial charge is 0.280 e. The van der Waals surface area contributed by atoms with Gasteiger partial charge in [-0.05, 0) is 23.6 Å². The van der Waals surface area contributed by atoms with Crippen LogP contribution in [-0.2, 0) is 15.8 Å². The van der Waals surface area contributed by atoms with E-state index in [1.807, 2.05) is 13.8 Å². The van der Waals surface area contributed by atoms with Gasteiger partial charge in [0.05, 0.1) is 5.75 Å². The van der Waals surface area contributed by atoms with E-state index >= 15 is 0 Å². The van der Waals surface area contributed by atoms with E-state index in [2.05, 4.69) is 14.9 Å². The lowest BCUT2D eigenvalue weighted by molar-refractivity contribution is 0.599. The van der Waals surface area contributed by atoms with E-state index in [1.165, 1.54) is 18.2 Å². The highest BCUT2D eigenvalue weighted by Gasteiger charge is 2.14. The summed E-state index contributed by atoms with van der Waals surface area (Å²) in [6, 6.07) is 7.15. The lowest BCUT2D eigenvalue weighted by atomic mass is 10.1. The zero-order valence-electron chi connectivity index (χ0n) is 11.2. The van der Waals surface area contributed by atoms with Crippen molar-refractivity contribution in [3.63, 3.8) is 0 Å². The Morgan fingerprint density at radius 1 is 1.35 bits per heavy atom. The van der Waals surface area contributed by atoms with Crippen molar-refractivity contribution in [1.29, 1.82) is 0 Å². The molecule has 0 aliphatic heterocycles. The van der Waals surface area contributed by atoms with Gasteiger partial charge in [0, 0.05) is 11.8 Å². The SMILES string of the molecule is CC(C)c1cc(NS(=O)(=O)Cc2cccc(F)c2)n[nH]1. The first-order valence-corrected chi connectivity index (χ1v) is 7.81. The molecule has 1 aromatic heterocycles. The highest BCUT2D eigenvalue weighted by atomic mass is 32.2. The molecule has 1 aromatic carbocycles. The van der Waals surface area contributed by atoms with E-state index in [4.69, 9.17) is 0 Å². The van der Waals surface area contributed by atoms with E-state index in [-0.39, 0.29) is 17.5 Å². The lowest BCUT2D eigenvalue weighted by Gasteiger charge is -2.05. The highest BCUT2D eigenvalue weighted by Crippen LogP contribution is 2.17. The monoisotopic (exact) mass is 297 g/mol. The van der Waals surface area contributed by atoms with E-state index < -0.39 is 15.8 Å². The Morgan fingerprint density at radius 2 is 2.10 bits per heavy atom. The highest BCUT2D eigenvalue weighted by molar-refractivity contribution is 7.91. The maximum Gasteiger partial charge on any atom is 0.238 e. The number of aromatic amines is 1. The van der Waals surface area contributed by atoms with Crippen LogP contribution in [0.4, 0.5) is 10.2 Å². The van der Waals surface area contributed by atoms with E-state index in [9.17, 15) is 12.8 Å². The van der Waals surface area contributed by atoms with Crippen molar-refractivity contribution < 1.29 is 12.8 Å². The van der Waals surface area contributed by atoms with Crippen molar-refractivity contribution in [1.82, 2.24) is 10.2 Å². The van der Waals surface area contributed by atoms with Crippen LogP contribution in [0.5, 0.6) is 0 Å². The summed E-state index contributed by atoms with van der Waals surface area (Å²) in [4.78, 5) is 0. The summed E-state index contributed by atoms with van der Waals surface area (Å²) in [5.41, 5.74) is 1.23. The summed E-state index contributed by atoms with van der Waals surface area (Å²) in [5, 5.41) is 6.66. The van der Waals surface area contributed by atoms with Crippen LogP contribution in [0.3, 0.4) is 0 Å². The van der Waals surface area contributed by atoms with Crippen LogP contribution in [0.25, 0.3) is 0 Å². The molecule has 108 valence electrons. The van der Waals surface area contributed by atoms with Crippen molar-refractivity contribution in [2.24, 2.45) is 0 Å². The molecule has 7 heteroatoms. The van der Waals surface area contributed by atoms with Crippen molar-refractivity contribution >= 4 is 15.8 Å². The number of hydrogen-bond donors (Lipinski definition) is 2. The summed E-state index contributed by atoms with van der Waals surface area (Å²) < 4.78 is 39.3. The van der Waals surface area contributed by atoms with Crippen molar-refractivity contribution in [2.45, 2.75) is 25.5 Å². The van der Waals surface area contributed by atoms with Gasteiger partial charge in [0.15, 0.2) is 5.82 Å². The number of benzene rings is 1. The van der Waals surface area contributed by atoms with Gasteiger partial charge in [-0.1, -0.05) is 26.0 Å². The van der Waals surface area contributed by atoms with Crippen LogP contribution in [0, 0.1) is 5.82 Å². The molecule has 2 aromatic rings. The molecule has 0 aliphatic rings. The average Bonchev–Trinajstić information content (AvgIpc) is 2.75. The Balaban J connectivity index is 2.10. The molecule has 0 atom stereocenters. The number of anilines is 1. The van der Waals surface area contributed by atoms with Gasteiger partial charge in [-0.25, -0.2) is 12.8 Å². The van der Waals surface area contributed by atoms with Crippen LogP contribution >= 0.6 is 0 Å². The van der Waals surface area contributed by atoms with Crippen molar-refractivity contribution in [3.8, 4) is 0 Å². The molecule has 20 heavy (non-hydrogen) atoms. The number of rotatable bonds is 5. The second-order valence-electron chi connectivity index (χ2n) is 4.85. The average molecular weight is 297 g/mol. The second kappa shape index (κ2) is 5.62. The van der Waals surface area contributed by atoms with Crippen molar-refractivity contribution in [2.75, 3.05) is 4.72 Å². The number of nitrogens with zero attached hydrogens (tertiary/aromatic N) is 1. The Kier molecular flexibility index (Phi) is 4.08. The van der Waals surface area contributed by atoms with Crippen molar-refractivity contribution in [3.05, 3.63) is 47.4 Å². The molecule has 0 bridgehead atoms. The molecule has 0 aliphatic carbocycles. The Morgan fingerprint density at radius 3 is 2.70 bits per heavy atom. The van der Waals surface area contributed by atoms with E-state index in [1.54, 1.807) is 12.1 Å². The zero-order valence-corrected chi connectivity index (χ0v) is 12.0. The molecule has 0 saturated carbocycles. The first-order valence-electron chi connectivity index (χ1n) is 6.16. The third-order valence-corrected chi connectivity index (χ3v) is 3.96. The molecule has 0 saturated heterocycles. The maximum absolute atomic E-state index is 13.0. The van der Waals surface area contributed by atoms with Gasteiger partial charge >= 0.3 is 0 Å². The fraction of sp³-hybridized carbons (Fsp3) is 0.308. The number of nitrogens with one attached hydrogen (secondary N) is 2. The minimum atomic E-state index is -3.62. The minimum Gasteiger partial charge on any atom is -0.280 e. The first-order chi connectivity index (χ1) is 9.35. The van der Waals surface area contributed by atoms with E-state index in [0.29, 0.717) is 5.56 Å². The number of halogens is 1. The summed E-state index contributed by atoms with van der Waals surface area (Å²) >= 11 is 0. The Hall–Kier alpha value is -1.89. The first kappa shape index (κ1) is 14.5. The molecule has 0 amide bonds. The van der Waals surface area contributed by atoms with E-state index in [0.717, 1.165) is 5.69 Å². The molecule has 0 fully saturated rings. The quantitative estimate of drug-likeness (QED) is 0.890. The van der Waals surface area contributed by atoms with Gasteiger partial charge in [0.1, 0.15) is 5.82 Å². The topological polar surface area (TPSA) is 74.8 Å². The number of H-pyrrole nitrogens is 1. The lowest BCUT2D eigenvalue weighted by Crippen LogP contribution is -2.15. The third kappa shape index (κ3) is 3.80. The molecule has 2 rings (SSSR count). The van der Waals surface area contributed by atoms with Crippen LogP contribution in [0.2, 0.25) is 0 Å². The fourth-order valence-corrected chi connectivity index (χ4v) is 2.84. The number of hydrogen-bond acceptors (Lipinski definition) is 3. The fourth-order valence-electron chi connectivity index (χ4n) is 1.73. The normalized spacial score (nSPS) is 11.8. The Bertz CT molecular complexity index is 695. The summed E-state index contributed by atoms with van der Waals surface area (Å²) in [5.74, 6) is -0.289. The molecular formula is C13H16FN3O2S. The van der Waals surface area contributed by atoms with Gasteiger partial charge < -0.3 is 0 Å². The van der Waals surface area contributed by atoms with Crippen LogP contribution in [0.15, 0.2) is 30.3 Å². The standard InChI is InChI=1S/C13H16FN3O2S/c1-9(2)12-7-13(16-15-12)17-20(18,19)8-10-4-3-5-11(14)6-10/h3-7,9H,8H2,1-2H3,(H2,15,16,17). The summed E-state index contributed by atoms with van der Waals surface area (Å²) in [7, 11) is -3.62. The molecular weight excluding hydrogens is 281 g/mol. The molecule has 2 N–H and O–H groups in total. The molecule has 0 radical (unpaired) electrons. The van der Waals surface area contributed by atoms with Gasteiger partial charge in [0.2, 0.25) is 10.0 Å². The van der Waals surface area contributed by atoms with Crippen LogP contribution in [0.1, 0.15) is 31.0 Å². The van der Waals surface area contributed by atoms with Gasteiger partial charge in [0.25, 0.3) is 0 Å². The predicted octanol–water partition coefficient (Wildman–Crippen LogP) is 2.61. The summed E-state index contributed by atoms with van der Waals surface area (Å²) in [6.45, 7) is 3.94. The molecule has 5 nitrogen and oxygen atoms in total. The number of sulfonamides is 1. The minimum absolute atomic E-state index is 0.226. The van der Waals surface area contributed by atoms with Gasteiger partial charge in [-0.15, -0.1) is 0 Å². The van der Waals surface area contributed by atoms with Gasteiger partial charge in [-0.3, -0.25) is 9.82 Å². The Labute approximate surface area is 117 Å². The number of aromatic nitrogens is 2. The third-order valence-electron chi connectivity index (χ3n) is 2.73. The predicted molar refractivity (Wildman–Crippen MR) is 75.3 cm³/mol. The molecule has 0 unspecified atom stereocenters. The van der Waals surface area contributed by atoms with Crippen LogP contribution in [-0.4, -0.2) is 18.6 Å². The maximum atomic E-state index is 13.0. The zero-order chi connectivity index (χ0) is 14.8.